The summed E-state index contributed by atoms with van der Waals surface area (Å²) in [5.74, 6) is -0.363. The second kappa shape index (κ2) is 8.27. The molecule has 5 heteroatoms. The third kappa shape index (κ3) is 4.14. The Labute approximate surface area is 163 Å². The molecule has 0 spiro atoms. The molecule has 0 unspecified atom stereocenters. The van der Waals surface area contributed by atoms with E-state index in [0.717, 1.165) is 21.9 Å². The van der Waals surface area contributed by atoms with Gasteiger partial charge in [0, 0.05) is 24.6 Å². The van der Waals surface area contributed by atoms with E-state index in [1.54, 1.807) is 25.9 Å². The molecule has 0 saturated carbocycles. The van der Waals surface area contributed by atoms with Crippen LogP contribution in [0.5, 0.6) is 0 Å². The van der Waals surface area contributed by atoms with Gasteiger partial charge < -0.3 is 10.2 Å². The highest BCUT2D eigenvalue weighted by Gasteiger charge is 2.15. The second-order valence-electron chi connectivity index (χ2n) is 6.30. The molecule has 0 radical (unpaired) electrons. The van der Waals surface area contributed by atoms with Gasteiger partial charge >= 0.3 is 0 Å². The number of hydrogen-bond donors (Lipinski definition) is 1. The van der Waals surface area contributed by atoms with Crippen LogP contribution in [0.3, 0.4) is 0 Å². The SMILES string of the molecule is CNC(=O)CN(C)C(=O)c1ccc2c(-c3ccc(SC)cc3)cccc2c1. The number of carbonyl (C=O) groups excluding carboxylic acids is 2. The fourth-order valence-corrected chi connectivity index (χ4v) is 3.43. The van der Waals surface area contributed by atoms with Crippen LogP contribution in [-0.4, -0.2) is 43.6 Å². The Bertz CT molecular complexity index is 983. The predicted octanol–water partition coefficient (Wildman–Crippen LogP) is 4.05. The first kappa shape index (κ1) is 19.0. The van der Waals surface area contributed by atoms with Crippen molar-refractivity contribution in [3.05, 3.63) is 66.2 Å². The van der Waals surface area contributed by atoms with Gasteiger partial charge in [-0.05, 0) is 52.4 Å². The summed E-state index contributed by atoms with van der Waals surface area (Å²) in [4.78, 5) is 26.8. The lowest BCUT2D eigenvalue weighted by Crippen LogP contribution is -2.36. The first-order chi connectivity index (χ1) is 13.0. The number of benzene rings is 3. The molecule has 3 rings (SSSR count). The van der Waals surface area contributed by atoms with E-state index in [2.05, 4.69) is 41.9 Å². The van der Waals surface area contributed by atoms with Crippen molar-refractivity contribution in [1.82, 2.24) is 10.2 Å². The summed E-state index contributed by atoms with van der Waals surface area (Å²) in [5, 5.41) is 4.63. The van der Waals surface area contributed by atoms with Crippen LogP contribution < -0.4 is 5.32 Å². The van der Waals surface area contributed by atoms with Gasteiger partial charge in [0.1, 0.15) is 0 Å². The summed E-state index contributed by atoms with van der Waals surface area (Å²) < 4.78 is 0. The highest BCUT2D eigenvalue weighted by atomic mass is 32.2. The van der Waals surface area contributed by atoms with E-state index in [1.807, 2.05) is 30.3 Å². The summed E-state index contributed by atoms with van der Waals surface area (Å²) in [6.07, 6.45) is 2.06. The van der Waals surface area contributed by atoms with Crippen LogP contribution in [-0.2, 0) is 4.79 Å². The van der Waals surface area contributed by atoms with E-state index >= 15 is 0 Å². The third-order valence-electron chi connectivity index (χ3n) is 4.53. The third-order valence-corrected chi connectivity index (χ3v) is 5.28. The number of amides is 2. The summed E-state index contributed by atoms with van der Waals surface area (Å²) in [6, 6.07) is 20.3. The van der Waals surface area contributed by atoms with Crippen molar-refractivity contribution >= 4 is 34.3 Å². The van der Waals surface area contributed by atoms with Crippen molar-refractivity contribution in [3.63, 3.8) is 0 Å². The number of nitrogens with zero attached hydrogens (tertiary/aromatic N) is 1. The molecular formula is C22H22N2O2S. The molecule has 3 aromatic rings. The summed E-state index contributed by atoms with van der Waals surface area (Å²) in [5.41, 5.74) is 2.86. The van der Waals surface area contributed by atoms with Crippen molar-refractivity contribution < 1.29 is 9.59 Å². The largest absolute Gasteiger partial charge is 0.358 e. The molecule has 0 aliphatic carbocycles. The van der Waals surface area contributed by atoms with Gasteiger partial charge in [0.05, 0.1) is 6.54 Å². The molecule has 0 bridgehead atoms. The first-order valence-corrected chi connectivity index (χ1v) is 9.89. The molecule has 0 aliphatic heterocycles. The zero-order valence-corrected chi connectivity index (χ0v) is 16.5. The van der Waals surface area contributed by atoms with E-state index in [-0.39, 0.29) is 18.4 Å². The average molecular weight is 378 g/mol. The van der Waals surface area contributed by atoms with E-state index in [9.17, 15) is 9.59 Å². The molecule has 2 amide bonds. The lowest BCUT2D eigenvalue weighted by molar-refractivity contribution is -0.121. The molecule has 138 valence electrons. The standard InChI is InChI=1S/C22H22N2O2S/c1-23-21(25)14-24(2)22(26)17-9-12-20-16(13-17)5-4-6-19(20)15-7-10-18(27-3)11-8-15/h4-13H,14H2,1-3H3,(H,23,25). The fourth-order valence-electron chi connectivity index (χ4n) is 3.03. The molecule has 0 aliphatic rings. The Morgan fingerprint density at radius 3 is 2.44 bits per heavy atom. The molecule has 0 aromatic heterocycles. The maximum Gasteiger partial charge on any atom is 0.254 e. The zero-order chi connectivity index (χ0) is 19.4. The second-order valence-corrected chi connectivity index (χ2v) is 7.18. The minimum absolute atomic E-state index is 0.0369. The number of thioether (sulfide) groups is 1. The number of rotatable bonds is 5. The topological polar surface area (TPSA) is 49.4 Å². The Morgan fingerprint density at radius 1 is 1.04 bits per heavy atom. The first-order valence-electron chi connectivity index (χ1n) is 8.66. The highest BCUT2D eigenvalue weighted by molar-refractivity contribution is 7.98. The van der Waals surface area contributed by atoms with E-state index in [1.165, 1.54) is 9.80 Å². The molecule has 0 heterocycles. The monoisotopic (exact) mass is 378 g/mol. The molecule has 0 fully saturated rings. The van der Waals surface area contributed by atoms with E-state index in [0.29, 0.717) is 5.56 Å². The average Bonchev–Trinajstić information content (AvgIpc) is 2.72. The molecule has 3 aromatic carbocycles. The fraction of sp³-hybridized carbons (Fsp3) is 0.182. The smallest absolute Gasteiger partial charge is 0.254 e. The van der Waals surface area contributed by atoms with Crippen molar-refractivity contribution in [1.29, 1.82) is 0 Å². The maximum atomic E-state index is 12.6. The molecule has 0 saturated heterocycles. The lowest BCUT2D eigenvalue weighted by Gasteiger charge is -2.17. The number of nitrogens with one attached hydrogen (secondary N) is 1. The molecule has 1 N–H and O–H groups in total. The number of fused-ring (bicyclic) bond motifs is 1. The molecule has 4 nitrogen and oxygen atoms in total. The van der Waals surface area contributed by atoms with E-state index in [4.69, 9.17) is 0 Å². The van der Waals surface area contributed by atoms with Gasteiger partial charge in [-0.15, -0.1) is 11.8 Å². The van der Waals surface area contributed by atoms with Crippen LogP contribution in [0.4, 0.5) is 0 Å². The van der Waals surface area contributed by atoms with Gasteiger partial charge in [0.25, 0.3) is 5.91 Å². The van der Waals surface area contributed by atoms with Gasteiger partial charge in [-0.3, -0.25) is 9.59 Å². The van der Waals surface area contributed by atoms with E-state index < -0.39 is 0 Å². The van der Waals surface area contributed by atoms with Crippen LogP contribution in [0, 0.1) is 0 Å². The van der Waals surface area contributed by atoms with Crippen LogP contribution in [0.2, 0.25) is 0 Å². The van der Waals surface area contributed by atoms with Crippen molar-refractivity contribution in [2.45, 2.75) is 4.90 Å². The van der Waals surface area contributed by atoms with Crippen LogP contribution in [0.15, 0.2) is 65.6 Å². The summed E-state index contributed by atoms with van der Waals surface area (Å²) >= 11 is 1.72. The van der Waals surface area contributed by atoms with Gasteiger partial charge in [-0.1, -0.05) is 36.4 Å². The van der Waals surface area contributed by atoms with Crippen molar-refractivity contribution in [2.75, 3.05) is 26.9 Å². The molecule has 0 atom stereocenters. The van der Waals surface area contributed by atoms with Crippen LogP contribution in [0.1, 0.15) is 10.4 Å². The number of carbonyl (C=O) groups is 2. The van der Waals surface area contributed by atoms with Crippen molar-refractivity contribution in [2.24, 2.45) is 0 Å². The minimum atomic E-state index is -0.192. The Morgan fingerprint density at radius 2 is 1.78 bits per heavy atom. The molecule has 27 heavy (non-hydrogen) atoms. The van der Waals surface area contributed by atoms with Crippen LogP contribution in [0.25, 0.3) is 21.9 Å². The number of hydrogen-bond acceptors (Lipinski definition) is 3. The minimum Gasteiger partial charge on any atom is -0.358 e. The zero-order valence-electron chi connectivity index (χ0n) is 15.7. The molecular weight excluding hydrogens is 356 g/mol. The summed E-state index contributed by atoms with van der Waals surface area (Å²) in [6.45, 7) is 0.0369. The Hall–Kier alpha value is -2.79. The summed E-state index contributed by atoms with van der Waals surface area (Å²) in [7, 11) is 3.19. The normalized spacial score (nSPS) is 10.6. The van der Waals surface area contributed by atoms with Gasteiger partial charge in [-0.25, -0.2) is 0 Å². The van der Waals surface area contributed by atoms with Gasteiger partial charge in [-0.2, -0.15) is 0 Å². The maximum absolute atomic E-state index is 12.6. The van der Waals surface area contributed by atoms with Gasteiger partial charge in [0.15, 0.2) is 0 Å². The quantitative estimate of drug-likeness (QED) is 0.682. The van der Waals surface area contributed by atoms with Crippen LogP contribution >= 0.6 is 11.8 Å². The van der Waals surface area contributed by atoms with Gasteiger partial charge in [0.2, 0.25) is 5.91 Å². The van der Waals surface area contributed by atoms with Crippen molar-refractivity contribution in [3.8, 4) is 11.1 Å². The Balaban J connectivity index is 1.95. The highest BCUT2D eigenvalue weighted by Crippen LogP contribution is 2.30. The Kier molecular flexibility index (Phi) is 5.81. The lowest BCUT2D eigenvalue weighted by atomic mass is 9.97. The number of likely N-dealkylation sites (N-methyl/N-ethyl adjacent to an activating group) is 2. The predicted molar refractivity (Wildman–Crippen MR) is 112 cm³/mol.